The summed E-state index contributed by atoms with van der Waals surface area (Å²) in [6.45, 7) is 10.8. The fourth-order valence-electron chi connectivity index (χ4n) is 4.09. The highest BCUT2D eigenvalue weighted by atomic mass is 19.1. The maximum Gasteiger partial charge on any atom is 0.191 e. The molecule has 3 N–H and O–H groups in total. The van der Waals surface area contributed by atoms with E-state index < -0.39 is 0 Å². The summed E-state index contributed by atoms with van der Waals surface area (Å²) in [6.07, 6.45) is 1.68. The van der Waals surface area contributed by atoms with Gasteiger partial charge < -0.3 is 25.4 Å². The van der Waals surface area contributed by atoms with Crippen LogP contribution in [0.2, 0.25) is 0 Å². The van der Waals surface area contributed by atoms with Crippen LogP contribution in [0.4, 0.5) is 10.1 Å². The summed E-state index contributed by atoms with van der Waals surface area (Å²) in [4.78, 5) is 9.52. The molecule has 1 aromatic rings. The summed E-state index contributed by atoms with van der Waals surface area (Å²) in [7, 11) is 0. The number of aliphatic hydroxyl groups excluding tert-OH is 1. The third-order valence-corrected chi connectivity index (χ3v) is 6.03. The average molecular weight is 422 g/mol. The highest BCUT2D eigenvalue weighted by Crippen LogP contribution is 2.32. The van der Waals surface area contributed by atoms with Gasteiger partial charge in [-0.15, -0.1) is 0 Å². The standard InChI is InChI=1S/C22H36FN5O2/c1-2-24-21(26-17-22(7-15-29)8-16-30-18-22)25-9-10-27-11-13-28(14-12-27)20-5-3-19(23)4-6-20/h3-6,29H,2,7-18H2,1H3,(H2,24,25,26). The highest BCUT2D eigenvalue weighted by molar-refractivity contribution is 5.79. The zero-order valence-corrected chi connectivity index (χ0v) is 18.1. The monoisotopic (exact) mass is 421 g/mol. The van der Waals surface area contributed by atoms with Crippen LogP contribution < -0.4 is 15.5 Å². The molecule has 0 amide bonds. The van der Waals surface area contributed by atoms with E-state index in [9.17, 15) is 9.50 Å². The third-order valence-electron chi connectivity index (χ3n) is 6.03. The molecule has 0 saturated carbocycles. The number of ether oxygens (including phenoxy) is 1. The van der Waals surface area contributed by atoms with Crippen molar-refractivity contribution in [2.75, 3.05) is 77.1 Å². The van der Waals surface area contributed by atoms with E-state index >= 15 is 0 Å². The van der Waals surface area contributed by atoms with Crippen LogP contribution in [0.3, 0.4) is 0 Å². The molecule has 168 valence electrons. The minimum atomic E-state index is -0.190. The van der Waals surface area contributed by atoms with Gasteiger partial charge in [0.15, 0.2) is 5.96 Å². The van der Waals surface area contributed by atoms with Gasteiger partial charge >= 0.3 is 0 Å². The second-order valence-electron chi connectivity index (χ2n) is 8.20. The van der Waals surface area contributed by atoms with Gasteiger partial charge in [0.2, 0.25) is 0 Å². The van der Waals surface area contributed by atoms with E-state index in [0.717, 1.165) is 76.9 Å². The topological polar surface area (TPSA) is 72.4 Å². The predicted molar refractivity (Wildman–Crippen MR) is 119 cm³/mol. The van der Waals surface area contributed by atoms with E-state index in [1.807, 2.05) is 12.1 Å². The molecule has 2 aliphatic heterocycles. The summed E-state index contributed by atoms with van der Waals surface area (Å²) in [5.41, 5.74) is 1.05. The maximum atomic E-state index is 13.1. The van der Waals surface area contributed by atoms with Crippen molar-refractivity contribution in [3.8, 4) is 0 Å². The van der Waals surface area contributed by atoms with Crippen molar-refractivity contribution < 1.29 is 14.2 Å². The number of rotatable bonds is 9. The van der Waals surface area contributed by atoms with Crippen LogP contribution in [0, 0.1) is 11.2 Å². The molecule has 0 spiro atoms. The minimum Gasteiger partial charge on any atom is -0.396 e. The molecule has 0 bridgehead atoms. The molecule has 0 aromatic heterocycles. The molecule has 2 fully saturated rings. The molecule has 3 rings (SSSR count). The third kappa shape index (κ3) is 6.55. The normalized spacial score (nSPS) is 23.0. The Morgan fingerprint density at radius 1 is 1.20 bits per heavy atom. The van der Waals surface area contributed by atoms with Crippen LogP contribution in [0.15, 0.2) is 29.3 Å². The first kappa shape index (κ1) is 22.8. The fraction of sp³-hybridized carbons (Fsp3) is 0.682. The van der Waals surface area contributed by atoms with Gasteiger partial charge in [-0.05, 0) is 44.0 Å². The Kier molecular flexibility index (Phi) is 8.72. The number of nitrogens with one attached hydrogen (secondary N) is 2. The molecule has 2 heterocycles. The Morgan fingerprint density at radius 2 is 1.97 bits per heavy atom. The molecule has 0 aliphatic carbocycles. The maximum absolute atomic E-state index is 13.1. The van der Waals surface area contributed by atoms with Crippen molar-refractivity contribution >= 4 is 11.6 Å². The van der Waals surface area contributed by atoms with Crippen LogP contribution in [-0.4, -0.2) is 88.1 Å². The molecule has 1 atom stereocenters. The Morgan fingerprint density at radius 3 is 2.60 bits per heavy atom. The summed E-state index contributed by atoms with van der Waals surface area (Å²) in [5.74, 6) is 0.635. The zero-order chi connectivity index (χ0) is 21.2. The molecule has 7 nitrogen and oxygen atoms in total. The lowest BCUT2D eigenvalue weighted by molar-refractivity contribution is 0.131. The van der Waals surface area contributed by atoms with E-state index in [-0.39, 0.29) is 17.8 Å². The van der Waals surface area contributed by atoms with Gasteiger partial charge in [0.25, 0.3) is 0 Å². The van der Waals surface area contributed by atoms with Gasteiger partial charge in [-0.1, -0.05) is 0 Å². The van der Waals surface area contributed by atoms with E-state index in [0.29, 0.717) is 13.2 Å². The number of anilines is 1. The number of hydrogen-bond acceptors (Lipinski definition) is 5. The lowest BCUT2D eigenvalue weighted by atomic mass is 9.84. The molecular weight excluding hydrogens is 385 g/mol. The molecule has 0 radical (unpaired) electrons. The molecule has 2 aliphatic rings. The molecule has 30 heavy (non-hydrogen) atoms. The lowest BCUT2D eigenvalue weighted by Crippen LogP contribution is -2.49. The SMILES string of the molecule is CCNC(=NCC1(CCO)CCOC1)NCCN1CCN(c2ccc(F)cc2)CC1. The summed E-state index contributed by atoms with van der Waals surface area (Å²) >= 11 is 0. The van der Waals surface area contributed by atoms with Crippen LogP contribution in [0.5, 0.6) is 0 Å². The van der Waals surface area contributed by atoms with Crippen LogP contribution in [0.1, 0.15) is 19.8 Å². The first-order valence-corrected chi connectivity index (χ1v) is 11.1. The van der Waals surface area contributed by atoms with E-state index in [2.05, 4.69) is 27.4 Å². The van der Waals surface area contributed by atoms with Gasteiger partial charge in [-0.3, -0.25) is 9.89 Å². The van der Waals surface area contributed by atoms with Crippen LogP contribution in [-0.2, 0) is 4.74 Å². The van der Waals surface area contributed by atoms with Crippen LogP contribution in [0.25, 0.3) is 0 Å². The first-order chi connectivity index (χ1) is 14.6. The van der Waals surface area contributed by atoms with Crippen molar-refractivity contribution in [3.05, 3.63) is 30.1 Å². The predicted octanol–water partition coefficient (Wildman–Crippen LogP) is 1.29. The van der Waals surface area contributed by atoms with E-state index in [1.54, 1.807) is 0 Å². The smallest absolute Gasteiger partial charge is 0.191 e. The number of halogens is 1. The Balaban J connectivity index is 1.42. The summed E-state index contributed by atoms with van der Waals surface area (Å²) in [6, 6.07) is 6.75. The Bertz CT molecular complexity index is 656. The number of aliphatic imine (C=N–C) groups is 1. The Hall–Kier alpha value is -1.90. The molecule has 1 aromatic carbocycles. The van der Waals surface area contributed by atoms with Gasteiger partial charge in [0.1, 0.15) is 5.82 Å². The molecule has 8 heteroatoms. The van der Waals surface area contributed by atoms with Gasteiger partial charge in [-0.25, -0.2) is 4.39 Å². The van der Waals surface area contributed by atoms with Gasteiger partial charge in [0, 0.05) is 70.1 Å². The van der Waals surface area contributed by atoms with E-state index in [4.69, 9.17) is 9.73 Å². The quantitative estimate of drug-likeness (QED) is 0.412. The summed E-state index contributed by atoms with van der Waals surface area (Å²) in [5, 5.41) is 16.1. The van der Waals surface area contributed by atoms with Crippen molar-refractivity contribution in [3.63, 3.8) is 0 Å². The molecular formula is C22H36FN5O2. The average Bonchev–Trinajstić information content (AvgIpc) is 3.22. The second-order valence-corrected chi connectivity index (χ2v) is 8.20. The Labute approximate surface area is 179 Å². The number of benzene rings is 1. The summed E-state index contributed by atoms with van der Waals surface area (Å²) < 4.78 is 18.7. The van der Waals surface area contributed by atoms with Crippen LogP contribution >= 0.6 is 0 Å². The number of aliphatic hydroxyl groups is 1. The van der Waals surface area contributed by atoms with Crippen molar-refractivity contribution in [1.29, 1.82) is 0 Å². The molecule has 2 saturated heterocycles. The van der Waals surface area contributed by atoms with Crippen molar-refractivity contribution in [2.45, 2.75) is 19.8 Å². The molecule has 1 unspecified atom stereocenters. The number of guanidine groups is 1. The number of hydrogen-bond donors (Lipinski definition) is 3. The zero-order valence-electron chi connectivity index (χ0n) is 18.1. The largest absolute Gasteiger partial charge is 0.396 e. The first-order valence-electron chi connectivity index (χ1n) is 11.1. The number of nitrogens with zero attached hydrogens (tertiary/aromatic N) is 3. The minimum absolute atomic E-state index is 0.0339. The van der Waals surface area contributed by atoms with Gasteiger partial charge in [-0.2, -0.15) is 0 Å². The van der Waals surface area contributed by atoms with Crippen molar-refractivity contribution in [1.82, 2.24) is 15.5 Å². The van der Waals surface area contributed by atoms with Gasteiger partial charge in [0.05, 0.1) is 13.2 Å². The lowest BCUT2D eigenvalue weighted by Gasteiger charge is -2.36. The van der Waals surface area contributed by atoms with E-state index in [1.165, 1.54) is 12.1 Å². The second kappa shape index (κ2) is 11.5. The van der Waals surface area contributed by atoms with Crippen molar-refractivity contribution in [2.24, 2.45) is 10.4 Å². The fourth-order valence-corrected chi connectivity index (χ4v) is 4.09. The number of piperazine rings is 1. The highest BCUT2D eigenvalue weighted by Gasteiger charge is 2.34.